The topological polar surface area (TPSA) is 0 Å². The molecule has 0 fully saturated rings. The lowest BCUT2D eigenvalue weighted by Gasteiger charge is -2.19. The molecule has 0 aliphatic heterocycles. The van der Waals surface area contributed by atoms with Gasteiger partial charge in [0.25, 0.3) is 0 Å². The first-order valence-electron chi connectivity index (χ1n) is 14.3. The van der Waals surface area contributed by atoms with Crippen LogP contribution in [0.5, 0.6) is 0 Å². The fourth-order valence-corrected chi connectivity index (χ4v) is 6.67. The first-order valence-corrected chi connectivity index (χ1v) is 14.3. The molecule has 0 N–H and O–H groups in total. The maximum atomic E-state index is 2.31. The van der Waals surface area contributed by atoms with Gasteiger partial charge in [-0.15, -0.1) is 0 Å². The lowest BCUT2D eigenvalue weighted by Crippen LogP contribution is -2.25. The molecule has 0 atom stereocenters. The van der Waals surface area contributed by atoms with Crippen molar-refractivity contribution in [3.05, 3.63) is 168 Å². The zero-order valence-corrected chi connectivity index (χ0v) is 22.7. The summed E-state index contributed by atoms with van der Waals surface area (Å²) in [6.07, 6.45) is 7.58. The maximum absolute atomic E-state index is 2.31. The minimum absolute atomic E-state index is 0.929. The molecule has 0 unspecified atom stereocenters. The van der Waals surface area contributed by atoms with Crippen molar-refractivity contribution in [2.24, 2.45) is 0 Å². The van der Waals surface area contributed by atoms with Gasteiger partial charge in [-0.2, -0.15) is 0 Å². The number of allylic oxidation sites excluding steroid dienone is 2. The summed E-state index contributed by atoms with van der Waals surface area (Å²) >= 11 is 0. The Kier molecular flexibility index (Phi) is 5.64. The van der Waals surface area contributed by atoms with E-state index in [4.69, 9.17) is 0 Å². The van der Waals surface area contributed by atoms with Gasteiger partial charge in [0.1, 0.15) is 0 Å². The van der Waals surface area contributed by atoms with Crippen LogP contribution in [0.1, 0.15) is 12.0 Å². The van der Waals surface area contributed by atoms with Crippen LogP contribution >= 0.6 is 0 Å². The first-order chi connectivity index (χ1) is 20.4. The van der Waals surface area contributed by atoms with Crippen molar-refractivity contribution >= 4 is 44.0 Å². The summed E-state index contributed by atoms with van der Waals surface area (Å²) in [7, 11) is 0. The van der Waals surface area contributed by atoms with Gasteiger partial charge in [0.15, 0.2) is 0 Å². The predicted molar refractivity (Wildman–Crippen MR) is 176 cm³/mol. The minimum atomic E-state index is 0.929. The van der Waals surface area contributed by atoms with Gasteiger partial charge in [0.05, 0.1) is 0 Å². The monoisotopic (exact) mass is 520 g/mol. The Labute approximate surface area is 239 Å². The van der Waals surface area contributed by atoms with E-state index in [-0.39, 0.29) is 0 Å². The lowest BCUT2D eigenvalue weighted by molar-refractivity contribution is 1.35. The molecule has 0 heterocycles. The summed E-state index contributed by atoms with van der Waals surface area (Å²) in [6.45, 7) is 0. The molecule has 7 aromatic carbocycles. The van der Waals surface area contributed by atoms with E-state index >= 15 is 0 Å². The number of rotatable bonds is 3. The summed E-state index contributed by atoms with van der Waals surface area (Å²) in [5.41, 5.74) is 7.79. The fourth-order valence-electron chi connectivity index (χ4n) is 6.67. The van der Waals surface area contributed by atoms with Crippen LogP contribution in [-0.2, 0) is 0 Å². The molecule has 0 nitrogen and oxygen atoms in total. The number of benzene rings is 7. The average Bonchev–Trinajstić information content (AvgIpc) is 3.26. The molecule has 0 aromatic heterocycles. The predicted octanol–water partition coefficient (Wildman–Crippen LogP) is 9.42. The summed E-state index contributed by atoms with van der Waals surface area (Å²) < 4.78 is 0. The van der Waals surface area contributed by atoms with Crippen LogP contribution in [0.4, 0.5) is 0 Å². The van der Waals surface area contributed by atoms with E-state index in [9.17, 15) is 0 Å². The van der Waals surface area contributed by atoms with E-state index in [0.717, 1.165) is 6.42 Å². The highest BCUT2D eigenvalue weighted by Crippen LogP contribution is 2.45. The molecular formula is C41H28. The zero-order valence-electron chi connectivity index (χ0n) is 22.7. The second kappa shape index (κ2) is 9.77. The molecule has 0 spiro atoms. The van der Waals surface area contributed by atoms with Crippen LogP contribution in [0.2, 0.25) is 0 Å². The highest BCUT2D eigenvalue weighted by Gasteiger charge is 2.18. The number of hydrogen-bond donors (Lipinski definition) is 0. The Hall–Kier alpha value is -5.20. The normalized spacial score (nSPS) is 12.8. The molecule has 0 amide bonds. The Bertz CT molecular complexity index is 2200. The van der Waals surface area contributed by atoms with Gasteiger partial charge in [-0.3, -0.25) is 0 Å². The van der Waals surface area contributed by atoms with E-state index in [1.54, 1.807) is 0 Å². The van der Waals surface area contributed by atoms with Crippen LogP contribution in [0.3, 0.4) is 0 Å². The second-order valence-corrected chi connectivity index (χ2v) is 10.8. The van der Waals surface area contributed by atoms with Crippen molar-refractivity contribution in [3.63, 3.8) is 0 Å². The standard InChI is InChI=1S/C41H28/c1-4-16-32-28(12-1)13-2-5-17-33(32)30-24-26-31(27-25-30)40-36-19-7-9-21-38(36)41(39-22-10-8-20-37(39)40)35-23-11-15-29-14-3-6-18-34(29)35/h1-16,18-27H,17H2. The van der Waals surface area contributed by atoms with Crippen LogP contribution in [0.15, 0.2) is 152 Å². The SMILES string of the molecule is C1=CCC(c2ccc(-c3c4ccccc4c(-c4cccc5ccccc45)c4ccccc34)cc2)=c2ccccc2=C1. The van der Waals surface area contributed by atoms with Gasteiger partial charge in [0.2, 0.25) is 0 Å². The van der Waals surface area contributed by atoms with E-state index in [1.807, 2.05) is 0 Å². The number of fused-ring (bicyclic) bond motifs is 4. The summed E-state index contributed by atoms with van der Waals surface area (Å²) in [5, 5.41) is 10.3. The van der Waals surface area contributed by atoms with Crippen molar-refractivity contribution < 1.29 is 0 Å². The Morgan fingerprint density at radius 2 is 0.976 bits per heavy atom. The molecule has 1 aliphatic carbocycles. The highest BCUT2D eigenvalue weighted by molar-refractivity contribution is 6.23. The van der Waals surface area contributed by atoms with Crippen LogP contribution in [-0.4, -0.2) is 0 Å². The molecular weight excluding hydrogens is 492 g/mol. The molecule has 0 bridgehead atoms. The molecule has 1 aliphatic rings. The summed E-state index contributed by atoms with van der Waals surface area (Å²) in [4.78, 5) is 0. The van der Waals surface area contributed by atoms with E-state index in [2.05, 4.69) is 158 Å². The van der Waals surface area contributed by atoms with Crippen molar-refractivity contribution in [2.75, 3.05) is 0 Å². The molecule has 41 heavy (non-hydrogen) atoms. The van der Waals surface area contributed by atoms with Crippen molar-refractivity contribution in [3.8, 4) is 22.3 Å². The van der Waals surface area contributed by atoms with Crippen LogP contribution in [0.25, 0.3) is 66.2 Å². The Balaban J connectivity index is 1.39. The molecule has 0 saturated heterocycles. The minimum Gasteiger partial charge on any atom is -0.0801 e. The molecule has 8 rings (SSSR count). The lowest BCUT2D eigenvalue weighted by atomic mass is 9.84. The third kappa shape index (κ3) is 3.91. The maximum Gasteiger partial charge on any atom is -0.00201 e. The van der Waals surface area contributed by atoms with Gasteiger partial charge in [-0.25, -0.2) is 0 Å². The van der Waals surface area contributed by atoms with Gasteiger partial charge >= 0.3 is 0 Å². The van der Waals surface area contributed by atoms with Crippen molar-refractivity contribution in [2.45, 2.75) is 6.42 Å². The number of hydrogen-bond acceptors (Lipinski definition) is 0. The second-order valence-electron chi connectivity index (χ2n) is 10.8. The smallest absolute Gasteiger partial charge is 0.00201 e. The van der Waals surface area contributed by atoms with E-state index < -0.39 is 0 Å². The molecule has 0 radical (unpaired) electrons. The molecule has 0 saturated carbocycles. The molecule has 7 aromatic rings. The van der Waals surface area contributed by atoms with Crippen molar-refractivity contribution in [1.29, 1.82) is 0 Å². The average molecular weight is 521 g/mol. The van der Waals surface area contributed by atoms with E-state index in [0.29, 0.717) is 0 Å². The Morgan fingerprint density at radius 3 is 1.71 bits per heavy atom. The largest absolute Gasteiger partial charge is 0.0801 e. The van der Waals surface area contributed by atoms with Gasteiger partial charge in [-0.05, 0) is 82.6 Å². The quantitative estimate of drug-likeness (QED) is 0.204. The third-order valence-corrected chi connectivity index (χ3v) is 8.53. The highest BCUT2D eigenvalue weighted by atomic mass is 14.2. The molecule has 0 heteroatoms. The fraction of sp³-hybridized carbons (Fsp3) is 0.0244. The van der Waals surface area contributed by atoms with Gasteiger partial charge < -0.3 is 0 Å². The van der Waals surface area contributed by atoms with Crippen LogP contribution in [0, 0.1) is 0 Å². The zero-order chi connectivity index (χ0) is 27.2. The van der Waals surface area contributed by atoms with E-state index in [1.165, 1.54) is 76.1 Å². The van der Waals surface area contributed by atoms with Gasteiger partial charge in [0, 0.05) is 0 Å². The Morgan fingerprint density at radius 1 is 0.415 bits per heavy atom. The van der Waals surface area contributed by atoms with Crippen LogP contribution < -0.4 is 10.4 Å². The first kappa shape index (κ1) is 23.7. The summed E-state index contributed by atoms with van der Waals surface area (Å²) in [5.74, 6) is 0. The van der Waals surface area contributed by atoms with Crippen molar-refractivity contribution in [1.82, 2.24) is 0 Å². The summed E-state index contributed by atoms with van der Waals surface area (Å²) in [6, 6.07) is 51.2. The van der Waals surface area contributed by atoms with Gasteiger partial charge in [-0.1, -0.05) is 158 Å². The third-order valence-electron chi connectivity index (χ3n) is 8.53. The molecule has 192 valence electrons.